The first kappa shape index (κ1) is 20.6. The van der Waals surface area contributed by atoms with Crippen molar-refractivity contribution in [2.24, 2.45) is 0 Å². The number of rotatable bonds is 8. The Hall–Kier alpha value is -1.15. The molecule has 1 saturated heterocycles. The van der Waals surface area contributed by atoms with Crippen molar-refractivity contribution in [2.45, 2.75) is 45.3 Å². The van der Waals surface area contributed by atoms with Crippen LogP contribution in [-0.2, 0) is 25.4 Å². The average molecular weight is 460 g/mol. The van der Waals surface area contributed by atoms with Gasteiger partial charge in [-0.1, -0.05) is 11.6 Å². The Morgan fingerprint density at radius 2 is 2.33 bits per heavy atom. The molecule has 1 aromatic heterocycles. The van der Waals surface area contributed by atoms with E-state index in [-0.39, 0.29) is 18.8 Å². The third kappa shape index (κ3) is 5.02. The molecular formula is C19H24BrClN2O4. The summed E-state index contributed by atoms with van der Waals surface area (Å²) in [6, 6.07) is 1.96. The minimum Gasteiger partial charge on any atom is -0.464 e. The number of hydrogen-bond acceptors (Lipinski definition) is 5. The smallest absolute Gasteiger partial charge is 0.332 e. The molecule has 8 heteroatoms. The van der Waals surface area contributed by atoms with Gasteiger partial charge in [0.1, 0.15) is 6.61 Å². The highest BCUT2D eigenvalue weighted by molar-refractivity contribution is 9.10. The summed E-state index contributed by atoms with van der Waals surface area (Å²) in [5.74, 6) is -0.338. The molecule has 1 unspecified atom stereocenters. The number of nitrogens with zero attached hydrogens (tertiary/aromatic N) is 2. The summed E-state index contributed by atoms with van der Waals surface area (Å²) >= 11 is 10.2. The predicted molar refractivity (Wildman–Crippen MR) is 107 cm³/mol. The molecule has 1 fully saturated rings. The fourth-order valence-electron chi connectivity index (χ4n) is 3.24. The minimum absolute atomic E-state index is 0.0179. The van der Waals surface area contributed by atoms with Crippen LogP contribution in [0.25, 0.3) is 10.9 Å². The molecule has 27 heavy (non-hydrogen) atoms. The molecule has 6 nitrogen and oxygen atoms in total. The van der Waals surface area contributed by atoms with Crippen LogP contribution >= 0.6 is 27.5 Å². The lowest BCUT2D eigenvalue weighted by Gasteiger charge is -2.23. The number of esters is 1. The van der Waals surface area contributed by atoms with Gasteiger partial charge in [0.2, 0.25) is 0 Å². The van der Waals surface area contributed by atoms with E-state index in [0.29, 0.717) is 18.2 Å². The third-order valence-electron chi connectivity index (χ3n) is 4.56. The average Bonchev–Trinajstić information content (AvgIpc) is 3.08. The first-order chi connectivity index (χ1) is 13.1. The van der Waals surface area contributed by atoms with E-state index < -0.39 is 0 Å². The molecule has 0 spiro atoms. The maximum Gasteiger partial charge on any atom is 0.332 e. The largest absolute Gasteiger partial charge is 0.464 e. The molecule has 1 aliphatic rings. The molecule has 0 aliphatic carbocycles. The monoisotopic (exact) mass is 458 g/mol. The van der Waals surface area contributed by atoms with Gasteiger partial charge in [-0.05, 0) is 66.6 Å². The maximum atomic E-state index is 11.3. The highest BCUT2D eigenvalue weighted by Crippen LogP contribution is 2.36. The van der Waals surface area contributed by atoms with Crippen molar-refractivity contribution in [2.75, 3.05) is 26.4 Å². The number of ether oxygens (including phenoxy) is 3. The maximum absolute atomic E-state index is 11.3. The molecule has 1 aliphatic heterocycles. The Morgan fingerprint density at radius 1 is 1.48 bits per heavy atom. The van der Waals surface area contributed by atoms with Crippen molar-refractivity contribution in [1.82, 2.24) is 9.78 Å². The van der Waals surface area contributed by atoms with Crippen LogP contribution in [-0.4, -0.2) is 42.2 Å². The zero-order valence-electron chi connectivity index (χ0n) is 15.4. The van der Waals surface area contributed by atoms with Gasteiger partial charge in [-0.15, -0.1) is 0 Å². The highest BCUT2D eigenvalue weighted by atomic mass is 79.9. The normalized spacial score (nSPS) is 17.4. The van der Waals surface area contributed by atoms with Gasteiger partial charge in [0, 0.05) is 28.1 Å². The third-order valence-corrected chi connectivity index (χ3v) is 5.80. The van der Waals surface area contributed by atoms with Gasteiger partial charge in [-0.3, -0.25) is 0 Å². The van der Waals surface area contributed by atoms with Crippen LogP contribution in [0.15, 0.2) is 16.7 Å². The van der Waals surface area contributed by atoms with Gasteiger partial charge in [0.05, 0.1) is 18.3 Å². The van der Waals surface area contributed by atoms with E-state index in [1.54, 1.807) is 6.92 Å². The molecule has 0 saturated carbocycles. The molecule has 1 atom stereocenters. The van der Waals surface area contributed by atoms with Crippen LogP contribution in [0.5, 0.6) is 0 Å². The molecule has 0 amide bonds. The second kappa shape index (κ2) is 9.87. The van der Waals surface area contributed by atoms with E-state index in [0.717, 1.165) is 59.7 Å². The van der Waals surface area contributed by atoms with Crippen molar-refractivity contribution >= 4 is 44.4 Å². The molecule has 0 radical (unpaired) electrons. The molecule has 3 rings (SSSR count). The minimum atomic E-state index is -0.338. The van der Waals surface area contributed by atoms with Crippen LogP contribution in [0.4, 0.5) is 0 Å². The van der Waals surface area contributed by atoms with Gasteiger partial charge in [0.25, 0.3) is 0 Å². The Kier molecular flexibility index (Phi) is 7.52. The highest BCUT2D eigenvalue weighted by Gasteiger charge is 2.21. The van der Waals surface area contributed by atoms with Crippen LogP contribution in [0.3, 0.4) is 0 Å². The van der Waals surface area contributed by atoms with Crippen molar-refractivity contribution in [3.05, 3.63) is 27.3 Å². The fourth-order valence-corrected chi connectivity index (χ4v) is 4.37. The summed E-state index contributed by atoms with van der Waals surface area (Å²) in [6.07, 6.45) is 6.53. The number of carbonyl (C=O) groups is 1. The summed E-state index contributed by atoms with van der Waals surface area (Å²) in [5.41, 5.74) is 1.99. The Bertz CT molecular complexity index is 790. The van der Waals surface area contributed by atoms with Gasteiger partial charge in [-0.25, -0.2) is 9.48 Å². The lowest BCUT2D eigenvalue weighted by molar-refractivity contribution is -0.148. The summed E-state index contributed by atoms with van der Waals surface area (Å²) in [7, 11) is 0. The summed E-state index contributed by atoms with van der Waals surface area (Å²) in [5, 5.41) is 6.25. The molecule has 148 valence electrons. The first-order valence-electron chi connectivity index (χ1n) is 9.31. The lowest BCUT2D eigenvalue weighted by Crippen LogP contribution is -2.19. The number of halogens is 2. The fraction of sp³-hybridized carbons (Fsp3) is 0.579. The second-order valence-corrected chi connectivity index (χ2v) is 7.66. The Morgan fingerprint density at radius 3 is 3.07 bits per heavy atom. The Balaban J connectivity index is 1.65. The quantitative estimate of drug-likeness (QED) is 0.424. The number of fused-ring (bicyclic) bond motifs is 1. The molecule has 2 aromatic rings. The Labute approximate surface area is 172 Å². The summed E-state index contributed by atoms with van der Waals surface area (Å²) < 4.78 is 18.9. The van der Waals surface area contributed by atoms with Crippen LogP contribution in [0, 0.1) is 0 Å². The molecule has 0 N–H and O–H groups in total. The first-order valence-corrected chi connectivity index (χ1v) is 10.5. The van der Waals surface area contributed by atoms with E-state index >= 15 is 0 Å². The molecule has 0 bridgehead atoms. The zero-order valence-corrected chi connectivity index (χ0v) is 17.7. The van der Waals surface area contributed by atoms with Gasteiger partial charge in [-0.2, -0.15) is 5.10 Å². The van der Waals surface area contributed by atoms with E-state index in [1.165, 1.54) is 0 Å². The number of hydrogen-bond donors (Lipinski definition) is 0. The van der Waals surface area contributed by atoms with Crippen LogP contribution < -0.4 is 0 Å². The number of aromatic nitrogens is 2. The van der Waals surface area contributed by atoms with Crippen molar-refractivity contribution in [3.63, 3.8) is 0 Å². The van der Waals surface area contributed by atoms with Crippen LogP contribution in [0.1, 0.15) is 44.4 Å². The topological polar surface area (TPSA) is 62.6 Å². The lowest BCUT2D eigenvalue weighted by atomic mass is 10.1. The zero-order chi connectivity index (χ0) is 19.2. The standard InChI is InChI=1S/C19H24BrClN2O4/c1-2-26-18(24)12-25-8-5-6-13-15(21)10-16-14(19(13)20)11-22-23(16)17-7-3-4-9-27-17/h10-11,17H,2-9,12H2,1H3. The number of benzene rings is 1. The predicted octanol–water partition coefficient (Wildman–Crippen LogP) is 4.66. The molecular weight excluding hydrogens is 436 g/mol. The summed E-state index contributed by atoms with van der Waals surface area (Å²) in [6.45, 7) is 3.36. The van der Waals surface area contributed by atoms with Crippen molar-refractivity contribution < 1.29 is 19.0 Å². The van der Waals surface area contributed by atoms with E-state index in [1.807, 2.05) is 16.9 Å². The SMILES string of the molecule is CCOC(=O)COCCCc1c(Cl)cc2c(cnn2C2CCCCO2)c1Br. The number of carbonyl (C=O) groups excluding carboxylic acids is 1. The van der Waals surface area contributed by atoms with Gasteiger partial charge in [0.15, 0.2) is 6.23 Å². The van der Waals surface area contributed by atoms with Crippen molar-refractivity contribution in [1.29, 1.82) is 0 Å². The van der Waals surface area contributed by atoms with E-state index in [2.05, 4.69) is 21.0 Å². The van der Waals surface area contributed by atoms with Gasteiger partial charge < -0.3 is 14.2 Å². The molecule has 1 aromatic carbocycles. The van der Waals surface area contributed by atoms with Gasteiger partial charge >= 0.3 is 5.97 Å². The van der Waals surface area contributed by atoms with Crippen LogP contribution in [0.2, 0.25) is 5.02 Å². The molecule has 2 heterocycles. The summed E-state index contributed by atoms with van der Waals surface area (Å²) in [4.78, 5) is 11.3. The second-order valence-electron chi connectivity index (χ2n) is 6.46. The van der Waals surface area contributed by atoms with E-state index in [4.69, 9.17) is 25.8 Å². The van der Waals surface area contributed by atoms with Crippen molar-refractivity contribution in [3.8, 4) is 0 Å². The van der Waals surface area contributed by atoms with E-state index in [9.17, 15) is 4.79 Å².